The number of benzene rings is 2. The molecule has 5 aromatic rings. The van der Waals surface area contributed by atoms with Crippen LogP contribution < -0.4 is 24.9 Å². The first kappa shape index (κ1) is 53.7. The van der Waals surface area contributed by atoms with E-state index < -0.39 is 79.9 Å². The predicted molar refractivity (Wildman–Crippen MR) is 254 cm³/mol. The van der Waals surface area contributed by atoms with Gasteiger partial charge in [0.15, 0.2) is 11.6 Å². The smallest absolute Gasteiger partial charge is 0.492 e. The fourth-order valence-corrected chi connectivity index (χ4v) is 11.7. The lowest BCUT2D eigenvalue weighted by Crippen LogP contribution is -2.55. The number of carboxylic acid groups (broad SMARTS) is 1. The second-order valence-corrected chi connectivity index (χ2v) is 23.0. The summed E-state index contributed by atoms with van der Waals surface area (Å²) in [4.78, 5) is 98.5. The summed E-state index contributed by atoms with van der Waals surface area (Å²) in [5, 5.41) is 9.05. The van der Waals surface area contributed by atoms with Crippen LogP contribution in [0.3, 0.4) is 0 Å². The van der Waals surface area contributed by atoms with E-state index in [0.29, 0.717) is 0 Å². The molecule has 2 atom stereocenters. The molecule has 1 aliphatic carbocycles. The van der Waals surface area contributed by atoms with Crippen LogP contribution in [0.1, 0.15) is 84.8 Å². The number of carbonyl (C=O) groups excluding carboxylic acids is 1. The fraction of sp³-hybridized carbons (Fsp3) is 0.400. The average Bonchev–Trinajstić information content (AvgIpc) is 4.05. The number of halogens is 1. The van der Waals surface area contributed by atoms with Crippen LogP contribution in [-0.2, 0) is 23.9 Å². The first-order valence-electron chi connectivity index (χ1n) is 21.3. The van der Waals surface area contributed by atoms with Crippen LogP contribution in [0.4, 0.5) is 10.1 Å². The van der Waals surface area contributed by atoms with Crippen molar-refractivity contribution < 1.29 is 66.5 Å². The maximum Gasteiger partial charge on any atom is 0.524 e. The van der Waals surface area contributed by atoms with Crippen LogP contribution in [-0.4, -0.2) is 99.6 Å². The average molecular weight is 1000 g/mol. The minimum absolute atomic E-state index is 0.0333. The second kappa shape index (κ2) is 21.1. The number of nitrogens with zero attached hydrogens (tertiary/aromatic N) is 5. The van der Waals surface area contributed by atoms with Gasteiger partial charge in [0.05, 0.1) is 18.0 Å². The zero-order valence-corrected chi connectivity index (χ0v) is 41.5. The maximum atomic E-state index is 15.9. The lowest BCUT2D eigenvalue weighted by molar-refractivity contribution is -0.134. The number of phosphoric ester groups is 1. The highest BCUT2D eigenvalue weighted by molar-refractivity contribution is 7.77. The number of anilines is 1. The predicted octanol–water partition coefficient (Wildman–Crippen LogP) is 6.49. The highest BCUT2D eigenvalue weighted by Gasteiger charge is 2.39. The van der Waals surface area contributed by atoms with E-state index in [9.17, 15) is 57.7 Å². The number of aryl methyl sites for hydroxylation is 4. The van der Waals surface area contributed by atoms with E-state index >= 15 is 4.39 Å². The van der Waals surface area contributed by atoms with E-state index in [0.717, 1.165) is 59.9 Å². The summed E-state index contributed by atoms with van der Waals surface area (Å²) < 4.78 is 64.3. The summed E-state index contributed by atoms with van der Waals surface area (Å²) in [6, 6.07) is 15.3. The Morgan fingerprint density at radius 1 is 0.868 bits per heavy atom. The fourth-order valence-electron chi connectivity index (χ4n) is 7.99. The van der Waals surface area contributed by atoms with E-state index in [2.05, 4.69) is 9.97 Å². The van der Waals surface area contributed by atoms with Gasteiger partial charge in [-0.15, -0.1) is 0 Å². The number of fused-ring (bicyclic) bond motifs is 1. The Morgan fingerprint density at radius 3 is 1.87 bits per heavy atom. The lowest BCUT2D eigenvalue weighted by Gasteiger charge is -2.42. The zero-order valence-electron chi connectivity index (χ0n) is 38.9. The Kier molecular flexibility index (Phi) is 16.7. The van der Waals surface area contributed by atoms with Crippen LogP contribution in [0.2, 0.25) is 0 Å². The monoisotopic (exact) mass is 1000 g/mol. The van der Waals surface area contributed by atoms with Crippen LogP contribution in [0.5, 0.6) is 11.5 Å². The normalized spacial score (nSPS) is 16.2. The Morgan fingerprint density at radius 2 is 1.43 bits per heavy atom. The molecule has 7 rings (SSSR count). The third-order valence-electron chi connectivity index (χ3n) is 11.2. The minimum Gasteiger partial charge on any atom is -0.492 e. The summed E-state index contributed by atoms with van der Waals surface area (Å²) >= 11 is 0. The standard InChI is InChI=1S/C31H39FN3O14P3.2C7H9N/c1-17-14-33(27-23(32)12-20-26(29(27)48-4)35(18-5-6-18)15-21(28(20)37)30(38)39)9-10-34(17)25(36)13-31(2,3)22-11-19(50(40,41)16-51(42,43)44)7-8-24(22)49-52(45,46)47;2*1-6-4-3-5-7(2)8-6/h7-8,11-12,15,17-18H,5-6,9-10,13-14,16H2,1-4H3,(H,38,39)(H,40,41)(H2,42,43,44)(H2,45,46,47);2*3-5H,1-2H3. The first-order chi connectivity index (χ1) is 31.5. The second-order valence-electron chi connectivity index (χ2n) is 17.5. The van der Waals surface area contributed by atoms with Crippen LogP contribution in [0, 0.1) is 33.5 Å². The molecule has 2 aromatic carbocycles. The molecule has 1 amide bonds. The van der Waals surface area contributed by atoms with Crippen molar-refractivity contribution >= 4 is 56.6 Å². The molecule has 0 bridgehead atoms. The van der Waals surface area contributed by atoms with Gasteiger partial charge in [0.2, 0.25) is 18.7 Å². The van der Waals surface area contributed by atoms with E-state index in [4.69, 9.17) is 9.26 Å². The number of rotatable bonds is 12. The summed E-state index contributed by atoms with van der Waals surface area (Å²) in [7, 11) is -13.5. The van der Waals surface area contributed by atoms with Crippen LogP contribution >= 0.6 is 22.8 Å². The Bertz CT molecular complexity index is 2840. The molecule has 0 radical (unpaired) electrons. The molecule has 2 fully saturated rings. The van der Waals surface area contributed by atoms with Crippen molar-refractivity contribution in [3.63, 3.8) is 0 Å². The molecule has 2 aliphatic rings. The summed E-state index contributed by atoms with van der Waals surface area (Å²) in [6.07, 6.45) is 2.38. The minimum atomic E-state index is -5.16. The number of hydrogen-bond donors (Lipinski definition) is 6. The van der Waals surface area contributed by atoms with Gasteiger partial charge in [0, 0.05) is 83.4 Å². The Balaban J connectivity index is 0.000000452. The third-order valence-corrected chi connectivity index (χ3v) is 15.7. The van der Waals surface area contributed by atoms with Crippen molar-refractivity contribution in [2.45, 2.75) is 85.2 Å². The largest absolute Gasteiger partial charge is 0.524 e. The van der Waals surface area contributed by atoms with Crippen molar-refractivity contribution in [2.75, 3.05) is 37.5 Å². The molecule has 19 nitrogen and oxygen atoms in total. The number of aromatic nitrogens is 3. The van der Waals surface area contributed by atoms with Gasteiger partial charge in [-0.05, 0) is 96.0 Å². The number of methoxy groups -OCH3 is 1. The molecular formula is C45H57FN5O14P3. The molecule has 368 valence electrons. The van der Waals surface area contributed by atoms with Gasteiger partial charge in [0.25, 0.3) is 0 Å². The highest BCUT2D eigenvalue weighted by atomic mass is 31.2. The number of carboxylic acids is 1. The van der Waals surface area contributed by atoms with Gasteiger partial charge < -0.3 is 43.4 Å². The lowest BCUT2D eigenvalue weighted by atomic mass is 9.80. The van der Waals surface area contributed by atoms with Crippen molar-refractivity contribution in [1.82, 2.24) is 19.4 Å². The van der Waals surface area contributed by atoms with Gasteiger partial charge >= 0.3 is 21.4 Å². The number of aromatic carboxylic acids is 1. The quantitative estimate of drug-likeness (QED) is 0.0729. The third kappa shape index (κ3) is 13.7. The van der Waals surface area contributed by atoms with Gasteiger partial charge in [-0.25, -0.2) is 13.8 Å². The molecule has 4 heterocycles. The molecule has 1 saturated carbocycles. The number of carbonyl (C=O) groups is 2. The maximum absolute atomic E-state index is 15.9. The molecule has 68 heavy (non-hydrogen) atoms. The van der Waals surface area contributed by atoms with Gasteiger partial charge in [-0.1, -0.05) is 26.0 Å². The van der Waals surface area contributed by atoms with E-state index in [-0.39, 0.29) is 60.0 Å². The summed E-state index contributed by atoms with van der Waals surface area (Å²) in [6.45, 7) is 13.0. The van der Waals surface area contributed by atoms with Crippen molar-refractivity contribution in [2.24, 2.45) is 0 Å². The Labute approximate surface area is 392 Å². The van der Waals surface area contributed by atoms with E-state index in [1.807, 2.05) is 64.1 Å². The van der Waals surface area contributed by atoms with Crippen LogP contribution in [0.25, 0.3) is 10.9 Å². The van der Waals surface area contributed by atoms with Gasteiger partial charge in [0.1, 0.15) is 22.9 Å². The molecule has 23 heteroatoms. The molecular weight excluding hydrogens is 946 g/mol. The van der Waals surface area contributed by atoms with Gasteiger partial charge in [-0.3, -0.25) is 38.5 Å². The molecule has 1 saturated heterocycles. The highest BCUT2D eigenvalue weighted by Crippen LogP contribution is 2.55. The zero-order chi connectivity index (χ0) is 50.7. The summed E-state index contributed by atoms with van der Waals surface area (Å²) in [5.74, 6) is -4.46. The molecule has 0 spiro atoms. The number of hydrogen-bond acceptors (Lipinski definition) is 11. The van der Waals surface area contributed by atoms with Crippen molar-refractivity contribution in [1.29, 1.82) is 0 Å². The number of amides is 1. The topological polar surface area (TPSA) is 279 Å². The van der Waals surface area contributed by atoms with Gasteiger partial charge in [-0.2, -0.15) is 0 Å². The van der Waals surface area contributed by atoms with E-state index in [1.54, 1.807) is 16.4 Å². The molecule has 2 unspecified atom stereocenters. The summed E-state index contributed by atoms with van der Waals surface area (Å²) in [5.41, 5.74) is 1.90. The van der Waals surface area contributed by atoms with Crippen molar-refractivity contribution in [3.05, 3.63) is 117 Å². The number of piperazine rings is 1. The SMILES string of the molecule is COc1c(N2CCN(C(=O)CC(C)(C)c3cc(P(=O)(O)CP(=O)(O)O)ccc3OP(=O)(O)O)C(C)C2)c(F)cc2c(=O)c(C(=O)O)cn(C3CC3)c12.Cc1cccc(C)n1.Cc1cccc(C)n1. The number of ether oxygens (including phenoxy) is 1. The molecule has 6 N–H and O–H groups in total. The number of pyridine rings is 3. The number of phosphoric acid groups is 1. The first-order valence-corrected chi connectivity index (χ1v) is 26.5. The van der Waals surface area contributed by atoms with E-state index in [1.165, 1.54) is 32.1 Å². The molecule has 3 aromatic heterocycles. The Hall–Kier alpha value is -5.29. The van der Waals surface area contributed by atoms with Crippen LogP contribution in [0.15, 0.2) is 71.7 Å². The molecule has 1 aliphatic heterocycles. The van der Waals surface area contributed by atoms with Crippen molar-refractivity contribution in [3.8, 4) is 11.5 Å².